The highest BCUT2D eigenvalue weighted by molar-refractivity contribution is 7.99. The average molecular weight is 480 g/mol. The maximum atomic E-state index is 13.4. The van der Waals surface area contributed by atoms with Crippen molar-refractivity contribution in [2.45, 2.75) is 11.8 Å². The van der Waals surface area contributed by atoms with Crippen LogP contribution in [0, 0.1) is 5.82 Å². The third-order valence-electron chi connectivity index (χ3n) is 4.99. The summed E-state index contributed by atoms with van der Waals surface area (Å²) in [5, 5.41) is 8.38. The van der Waals surface area contributed by atoms with Crippen LogP contribution in [0.4, 0.5) is 10.1 Å². The van der Waals surface area contributed by atoms with Gasteiger partial charge in [0.1, 0.15) is 17.3 Å². The van der Waals surface area contributed by atoms with E-state index < -0.39 is 0 Å². The molecule has 9 heteroatoms. The number of aromatic nitrogens is 2. The summed E-state index contributed by atoms with van der Waals surface area (Å²) in [7, 11) is 3.11. The Hall–Kier alpha value is -3.85. The van der Waals surface area contributed by atoms with Gasteiger partial charge in [-0.05, 0) is 42.0 Å². The van der Waals surface area contributed by atoms with E-state index in [4.69, 9.17) is 13.9 Å². The van der Waals surface area contributed by atoms with E-state index in [1.165, 1.54) is 12.1 Å². The zero-order valence-electron chi connectivity index (χ0n) is 18.6. The molecule has 0 atom stereocenters. The molecule has 0 spiro atoms. The van der Waals surface area contributed by atoms with Gasteiger partial charge >= 0.3 is 0 Å². The van der Waals surface area contributed by atoms with Gasteiger partial charge < -0.3 is 18.8 Å². The molecule has 0 aliphatic heterocycles. The van der Waals surface area contributed by atoms with Gasteiger partial charge in [-0.25, -0.2) is 4.39 Å². The van der Waals surface area contributed by atoms with Crippen molar-refractivity contribution in [2.75, 3.05) is 24.9 Å². The number of methoxy groups -OCH3 is 2. The standard InChI is InChI=1S/C25H22FN3O4S/c1-31-20-12-13-21(22(14-20)32-2)24-27-28-25(33-24)34-16-23(30)29(15-17-6-4-3-5-7-17)19-10-8-18(26)9-11-19/h3-14H,15-16H2,1-2H3. The molecule has 0 saturated carbocycles. The van der Waals surface area contributed by atoms with Crippen molar-refractivity contribution in [2.24, 2.45) is 0 Å². The quantitative estimate of drug-likeness (QED) is 0.305. The molecule has 0 N–H and O–H groups in total. The lowest BCUT2D eigenvalue weighted by Crippen LogP contribution is -2.31. The fourth-order valence-electron chi connectivity index (χ4n) is 3.26. The number of hydrogen-bond donors (Lipinski definition) is 0. The Morgan fingerprint density at radius 1 is 1.00 bits per heavy atom. The van der Waals surface area contributed by atoms with E-state index in [1.807, 2.05) is 30.3 Å². The average Bonchev–Trinajstić information content (AvgIpc) is 3.35. The largest absolute Gasteiger partial charge is 0.497 e. The maximum absolute atomic E-state index is 13.4. The molecular formula is C25H22FN3O4S. The smallest absolute Gasteiger partial charge is 0.277 e. The summed E-state index contributed by atoms with van der Waals surface area (Å²) in [6, 6.07) is 20.7. The van der Waals surface area contributed by atoms with Gasteiger partial charge in [-0.3, -0.25) is 4.79 Å². The number of amides is 1. The van der Waals surface area contributed by atoms with Crippen LogP contribution in [0.5, 0.6) is 11.5 Å². The van der Waals surface area contributed by atoms with E-state index in [-0.39, 0.29) is 28.6 Å². The number of ether oxygens (including phenoxy) is 2. The van der Waals surface area contributed by atoms with Crippen molar-refractivity contribution in [3.63, 3.8) is 0 Å². The minimum Gasteiger partial charge on any atom is -0.497 e. The molecule has 1 amide bonds. The van der Waals surface area contributed by atoms with E-state index in [2.05, 4.69) is 10.2 Å². The van der Waals surface area contributed by atoms with Crippen LogP contribution in [0.1, 0.15) is 5.56 Å². The molecule has 174 valence electrons. The molecule has 1 aromatic heterocycles. The molecule has 4 rings (SSSR count). The van der Waals surface area contributed by atoms with Crippen molar-refractivity contribution in [1.82, 2.24) is 10.2 Å². The van der Waals surface area contributed by atoms with Gasteiger partial charge in [-0.2, -0.15) is 0 Å². The highest BCUT2D eigenvalue weighted by atomic mass is 32.2. The second-order valence-corrected chi connectivity index (χ2v) is 8.10. The predicted molar refractivity (Wildman–Crippen MR) is 128 cm³/mol. The number of nitrogens with zero attached hydrogens (tertiary/aromatic N) is 3. The summed E-state index contributed by atoms with van der Waals surface area (Å²) in [4.78, 5) is 14.7. The first kappa shape index (κ1) is 23.3. The number of hydrogen-bond acceptors (Lipinski definition) is 7. The molecule has 7 nitrogen and oxygen atoms in total. The Morgan fingerprint density at radius 3 is 2.47 bits per heavy atom. The molecule has 0 aliphatic rings. The van der Waals surface area contributed by atoms with Crippen LogP contribution in [0.25, 0.3) is 11.5 Å². The molecule has 0 saturated heterocycles. The van der Waals surface area contributed by atoms with Crippen LogP contribution < -0.4 is 14.4 Å². The second kappa shape index (κ2) is 10.8. The van der Waals surface area contributed by atoms with Crippen molar-refractivity contribution >= 4 is 23.4 Å². The molecule has 1 heterocycles. The minimum absolute atomic E-state index is 0.0611. The number of carbonyl (C=O) groups is 1. The van der Waals surface area contributed by atoms with Gasteiger partial charge in [0.25, 0.3) is 11.1 Å². The van der Waals surface area contributed by atoms with E-state index in [0.29, 0.717) is 29.3 Å². The van der Waals surface area contributed by atoms with Gasteiger partial charge in [-0.15, -0.1) is 10.2 Å². The summed E-state index contributed by atoms with van der Waals surface area (Å²) in [5.74, 6) is 0.959. The zero-order chi connectivity index (χ0) is 23.9. The topological polar surface area (TPSA) is 77.7 Å². The summed E-state index contributed by atoms with van der Waals surface area (Å²) in [6.45, 7) is 0.351. The highest BCUT2D eigenvalue weighted by Gasteiger charge is 2.20. The minimum atomic E-state index is -0.363. The van der Waals surface area contributed by atoms with Gasteiger partial charge in [0.15, 0.2) is 0 Å². The van der Waals surface area contributed by atoms with Gasteiger partial charge in [0.05, 0.1) is 32.1 Å². The van der Waals surface area contributed by atoms with Crippen LogP contribution in [-0.4, -0.2) is 36.1 Å². The molecule has 0 fully saturated rings. The monoisotopic (exact) mass is 479 g/mol. The highest BCUT2D eigenvalue weighted by Crippen LogP contribution is 2.33. The molecule has 4 aromatic rings. The third-order valence-corrected chi connectivity index (χ3v) is 5.79. The fourth-order valence-corrected chi connectivity index (χ4v) is 3.90. The Bertz CT molecular complexity index is 1250. The van der Waals surface area contributed by atoms with E-state index >= 15 is 0 Å². The number of anilines is 1. The Kier molecular flexibility index (Phi) is 7.44. The molecule has 34 heavy (non-hydrogen) atoms. The van der Waals surface area contributed by atoms with Crippen LogP contribution in [-0.2, 0) is 11.3 Å². The number of carbonyl (C=O) groups excluding carboxylic acids is 1. The van der Waals surface area contributed by atoms with Crippen molar-refractivity contribution in [1.29, 1.82) is 0 Å². The lowest BCUT2D eigenvalue weighted by atomic mass is 10.2. The molecule has 0 radical (unpaired) electrons. The predicted octanol–water partition coefficient (Wildman–Crippen LogP) is 5.22. The van der Waals surface area contributed by atoms with Crippen molar-refractivity contribution in [3.8, 4) is 23.0 Å². The first-order valence-corrected chi connectivity index (χ1v) is 11.3. The lowest BCUT2D eigenvalue weighted by Gasteiger charge is -2.22. The SMILES string of the molecule is COc1ccc(-c2nnc(SCC(=O)N(Cc3ccccc3)c3ccc(F)cc3)o2)c(OC)c1. The molecule has 0 unspecified atom stereocenters. The second-order valence-electron chi connectivity index (χ2n) is 7.17. The molecular weight excluding hydrogens is 457 g/mol. The van der Waals surface area contributed by atoms with E-state index in [1.54, 1.807) is 49.5 Å². The maximum Gasteiger partial charge on any atom is 0.277 e. The van der Waals surface area contributed by atoms with E-state index in [0.717, 1.165) is 17.3 Å². The summed E-state index contributed by atoms with van der Waals surface area (Å²) in [6.07, 6.45) is 0. The lowest BCUT2D eigenvalue weighted by molar-refractivity contribution is -0.116. The molecule has 3 aromatic carbocycles. The van der Waals surface area contributed by atoms with Crippen molar-refractivity contribution in [3.05, 3.63) is 84.2 Å². The molecule has 0 bridgehead atoms. The zero-order valence-corrected chi connectivity index (χ0v) is 19.4. The normalized spacial score (nSPS) is 10.7. The van der Waals surface area contributed by atoms with Crippen LogP contribution in [0.3, 0.4) is 0 Å². The van der Waals surface area contributed by atoms with Gasteiger partial charge in [0.2, 0.25) is 5.91 Å². The number of halogens is 1. The Labute approximate surface area is 200 Å². The Morgan fingerprint density at radius 2 is 1.76 bits per heavy atom. The third kappa shape index (κ3) is 5.55. The first-order chi connectivity index (χ1) is 16.6. The van der Waals surface area contributed by atoms with Crippen LogP contribution in [0.15, 0.2) is 82.4 Å². The summed E-state index contributed by atoms with van der Waals surface area (Å²) >= 11 is 1.13. The molecule has 0 aliphatic carbocycles. The Balaban J connectivity index is 1.49. The van der Waals surface area contributed by atoms with E-state index in [9.17, 15) is 9.18 Å². The summed E-state index contributed by atoms with van der Waals surface area (Å²) < 4.78 is 29.8. The number of thioether (sulfide) groups is 1. The van der Waals surface area contributed by atoms with Gasteiger partial charge in [-0.1, -0.05) is 42.1 Å². The van der Waals surface area contributed by atoms with Crippen LogP contribution in [0.2, 0.25) is 0 Å². The van der Waals surface area contributed by atoms with Gasteiger partial charge in [0, 0.05) is 11.8 Å². The first-order valence-electron chi connectivity index (χ1n) is 10.4. The fraction of sp³-hybridized carbons (Fsp3) is 0.160. The van der Waals surface area contributed by atoms with Crippen LogP contribution >= 0.6 is 11.8 Å². The number of rotatable bonds is 9. The number of benzene rings is 3. The summed E-state index contributed by atoms with van der Waals surface area (Å²) in [5.41, 5.74) is 2.17. The van der Waals surface area contributed by atoms with Crippen molar-refractivity contribution < 1.29 is 23.1 Å².